The van der Waals surface area contributed by atoms with Crippen molar-refractivity contribution < 1.29 is 28.6 Å². The maximum Gasteiger partial charge on any atom is 0.353 e. The van der Waals surface area contributed by atoms with Crippen LogP contribution in [-0.2, 0) is 25.1 Å². The van der Waals surface area contributed by atoms with Crippen molar-refractivity contribution >= 4 is 13.4 Å². The van der Waals surface area contributed by atoms with Crippen LogP contribution in [0.4, 0.5) is 5.82 Å². The number of nitrogen functional groups attached to an aromatic ring is 1. The number of ether oxygens (including phenoxy) is 2. The van der Waals surface area contributed by atoms with Crippen LogP contribution in [0, 0.1) is 0 Å². The molecule has 1 aromatic heterocycles. The van der Waals surface area contributed by atoms with E-state index >= 15 is 0 Å². The summed E-state index contributed by atoms with van der Waals surface area (Å²) in [5.41, 5.74) is 4.81. The van der Waals surface area contributed by atoms with Gasteiger partial charge in [-0.1, -0.05) is 26.2 Å². The number of unbranched alkanes of at least 4 members (excludes halogenated alkanes) is 3. The molecule has 11 heteroatoms. The third kappa shape index (κ3) is 10.9. The number of hydrogen-bond donors (Lipinski definition) is 3. The van der Waals surface area contributed by atoms with Crippen LogP contribution in [0.15, 0.2) is 17.1 Å². The molecule has 4 N–H and O–H groups in total. The third-order valence-electron chi connectivity index (χ3n) is 3.84. The second kappa shape index (κ2) is 13.8. The Balaban J connectivity index is 2.25. The van der Waals surface area contributed by atoms with E-state index in [-0.39, 0.29) is 19.0 Å². The Labute approximate surface area is 165 Å². The lowest BCUT2D eigenvalue weighted by Gasteiger charge is -2.19. The molecule has 0 aliphatic rings. The van der Waals surface area contributed by atoms with Crippen LogP contribution in [0.25, 0.3) is 0 Å². The summed E-state index contributed by atoms with van der Waals surface area (Å²) in [6.45, 7) is 2.87. The minimum absolute atomic E-state index is 0.0332. The van der Waals surface area contributed by atoms with Gasteiger partial charge in [-0.05, 0) is 18.9 Å². The van der Waals surface area contributed by atoms with Gasteiger partial charge in [0.1, 0.15) is 12.2 Å². The number of nitrogens with zero attached hydrogens (tertiary/aromatic N) is 2. The zero-order valence-corrected chi connectivity index (χ0v) is 17.3. The van der Waals surface area contributed by atoms with Gasteiger partial charge in [0.15, 0.2) is 0 Å². The van der Waals surface area contributed by atoms with Crippen LogP contribution in [0.5, 0.6) is 0 Å². The quantitative estimate of drug-likeness (QED) is 0.266. The van der Waals surface area contributed by atoms with E-state index < -0.39 is 32.3 Å². The smallest absolute Gasteiger partial charge is 0.353 e. The van der Waals surface area contributed by atoms with E-state index in [2.05, 4.69) is 11.9 Å². The Morgan fingerprint density at radius 3 is 2.68 bits per heavy atom. The van der Waals surface area contributed by atoms with Crippen molar-refractivity contribution in [2.75, 3.05) is 38.5 Å². The molecule has 10 nitrogen and oxygen atoms in total. The highest BCUT2D eigenvalue weighted by atomic mass is 31.2. The number of aliphatic hydroxyl groups excluding tert-OH is 1. The molecule has 162 valence electrons. The summed E-state index contributed by atoms with van der Waals surface area (Å²) in [7, 11) is -3.97. The van der Waals surface area contributed by atoms with E-state index in [0.717, 1.165) is 12.8 Å². The van der Waals surface area contributed by atoms with Gasteiger partial charge in [-0.25, -0.2) is 4.79 Å². The van der Waals surface area contributed by atoms with E-state index in [1.165, 1.54) is 29.7 Å². The highest BCUT2D eigenvalue weighted by molar-refractivity contribution is 7.52. The van der Waals surface area contributed by atoms with Gasteiger partial charge in [-0.15, -0.1) is 0 Å². The monoisotopic (exact) mass is 421 g/mol. The average Bonchev–Trinajstić information content (AvgIpc) is 2.65. The van der Waals surface area contributed by atoms with Gasteiger partial charge in [-0.2, -0.15) is 4.98 Å². The van der Waals surface area contributed by atoms with E-state index in [9.17, 15) is 19.4 Å². The summed E-state index contributed by atoms with van der Waals surface area (Å²) in [5, 5.41) is 9.37. The first-order valence-electron chi connectivity index (χ1n) is 9.47. The molecule has 1 aromatic rings. The lowest BCUT2D eigenvalue weighted by atomic mass is 10.2. The lowest BCUT2D eigenvalue weighted by molar-refractivity contribution is 0.0162. The first kappa shape index (κ1) is 24.7. The fourth-order valence-corrected chi connectivity index (χ4v) is 3.19. The Kier molecular flexibility index (Phi) is 12.2. The van der Waals surface area contributed by atoms with E-state index in [1.54, 1.807) is 0 Å². The fourth-order valence-electron chi connectivity index (χ4n) is 2.30. The van der Waals surface area contributed by atoms with Crippen LogP contribution < -0.4 is 11.4 Å². The zero-order chi connectivity index (χ0) is 20.8. The summed E-state index contributed by atoms with van der Waals surface area (Å²) < 4.78 is 28.8. The molecule has 0 amide bonds. The Morgan fingerprint density at radius 2 is 2.00 bits per heavy atom. The van der Waals surface area contributed by atoms with Crippen molar-refractivity contribution in [1.82, 2.24) is 9.55 Å². The van der Waals surface area contributed by atoms with Gasteiger partial charge >= 0.3 is 13.3 Å². The normalized spacial score (nSPS) is 14.7. The number of anilines is 1. The van der Waals surface area contributed by atoms with Crippen LogP contribution in [0.2, 0.25) is 0 Å². The van der Waals surface area contributed by atoms with Gasteiger partial charge in [0.05, 0.1) is 25.9 Å². The van der Waals surface area contributed by atoms with Crippen molar-refractivity contribution in [1.29, 1.82) is 0 Å². The molecule has 0 saturated heterocycles. The average molecular weight is 421 g/mol. The second-order valence-corrected chi connectivity index (χ2v) is 8.18. The first-order chi connectivity index (χ1) is 13.4. The van der Waals surface area contributed by atoms with Crippen LogP contribution in [0.3, 0.4) is 0 Å². The summed E-state index contributed by atoms with van der Waals surface area (Å²) >= 11 is 0. The largest absolute Gasteiger partial charge is 0.394 e. The summed E-state index contributed by atoms with van der Waals surface area (Å²) in [6.07, 6.45) is 4.97. The predicted molar refractivity (Wildman–Crippen MR) is 105 cm³/mol. The predicted octanol–water partition coefficient (Wildman–Crippen LogP) is 1.35. The van der Waals surface area contributed by atoms with Crippen LogP contribution >= 0.6 is 7.60 Å². The number of nitrogens with two attached hydrogens (primary N) is 1. The molecule has 0 bridgehead atoms. The van der Waals surface area contributed by atoms with Gasteiger partial charge in [0.25, 0.3) is 0 Å². The number of aromatic nitrogens is 2. The van der Waals surface area contributed by atoms with Crippen molar-refractivity contribution in [3.05, 3.63) is 22.7 Å². The topological polar surface area (TPSA) is 146 Å². The lowest BCUT2D eigenvalue weighted by Crippen LogP contribution is -2.32. The summed E-state index contributed by atoms with van der Waals surface area (Å²) in [4.78, 5) is 25.1. The molecule has 0 fully saturated rings. The SMILES string of the molecule is CCCCCCOCCCOP(=O)(O)COC(CO)Cn1ccc(N)nc1=O. The summed E-state index contributed by atoms with van der Waals surface area (Å²) in [5.74, 6) is 0.0842. The van der Waals surface area contributed by atoms with Crippen LogP contribution in [0.1, 0.15) is 39.0 Å². The minimum atomic E-state index is -3.97. The standard InChI is InChI=1S/C17H32N3O7P/c1-2-3-4-5-9-25-10-6-11-27-28(23,24)14-26-15(13-21)12-20-8-7-16(18)19-17(20)22/h7-8,15,21H,2-6,9-14H2,1H3,(H,23,24)(H2,18,19,22). The molecule has 0 aromatic carbocycles. The second-order valence-electron chi connectivity index (χ2n) is 6.38. The Morgan fingerprint density at radius 1 is 1.25 bits per heavy atom. The molecule has 1 heterocycles. The first-order valence-corrected chi connectivity index (χ1v) is 11.2. The molecule has 1 rings (SSSR count). The van der Waals surface area contributed by atoms with Crippen molar-refractivity contribution in [3.63, 3.8) is 0 Å². The zero-order valence-electron chi connectivity index (χ0n) is 16.4. The highest BCUT2D eigenvalue weighted by Crippen LogP contribution is 2.42. The van der Waals surface area contributed by atoms with Crippen molar-refractivity contribution in [2.45, 2.75) is 51.7 Å². The van der Waals surface area contributed by atoms with Crippen molar-refractivity contribution in [2.24, 2.45) is 0 Å². The molecule has 0 radical (unpaired) electrons. The van der Waals surface area contributed by atoms with E-state index in [1.807, 2.05) is 0 Å². The molecule has 28 heavy (non-hydrogen) atoms. The molecule has 0 aliphatic heterocycles. The molecule has 0 spiro atoms. The van der Waals surface area contributed by atoms with Gasteiger partial charge in [-0.3, -0.25) is 9.13 Å². The molecular formula is C17H32N3O7P. The van der Waals surface area contributed by atoms with Crippen LogP contribution in [-0.4, -0.2) is 58.4 Å². The maximum atomic E-state index is 12.0. The third-order valence-corrected chi connectivity index (χ3v) is 4.90. The summed E-state index contributed by atoms with van der Waals surface area (Å²) in [6, 6.07) is 1.43. The van der Waals surface area contributed by atoms with E-state index in [4.69, 9.17) is 19.7 Å². The van der Waals surface area contributed by atoms with E-state index in [0.29, 0.717) is 19.6 Å². The number of hydrogen-bond acceptors (Lipinski definition) is 8. The molecular weight excluding hydrogens is 389 g/mol. The Bertz CT molecular complexity index is 656. The molecule has 2 atom stereocenters. The van der Waals surface area contributed by atoms with Gasteiger partial charge in [0.2, 0.25) is 0 Å². The highest BCUT2D eigenvalue weighted by Gasteiger charge is 2.22. The van der Waals surface area contributed by atoms with Gasteiger partial charge < -0.3 is 29.7 Å². The number of rotatable bonds is 16. The fraction of sp³-hybridized carbons (Fsp3) is 0.765. The molecule has 0 saturated carbocycles. The Hall–Kier alpha value is -1.29. The maximum absolute atomic E-state index is 12.0. The van der Waals surface area contributed by atoms with Crippen molar-refractivity contribution in [3.8, 4) is 0 Å². The minimum Gasteiger partial charge on any atom is -0.394 e. The molecule has 0 aliphatic carbocycles. The number of aliphatic hydroxyl groups is 1. The van der Waals surface area contributed by atoms with Gasteiger partial charge in [0, 0.05) is 19.4 Å². The molecule has 2 unspecified atom stereocenters.